The van der Waals surface area contributed by atoms with E-state index in [9.17, 15) is 8.42 Å². The van der Waals surface area contributed by atoms with Crippen molar-refractivity contribution >= 4 is 10.0 Å². The third kappa shape index (κ3) is 3.84. The molecule has 1 atom stereocenters. The molecule has 1 saturated carbocycles. The Morgan fingerprint density at radius 3 is 2.52 bits per heavy atom. The van der Waals surface area contributed by atoms with Gasteiger partial charge in [0.05, 0.1) is 4.90 Å². The first-order valence-corrected chi connectivity index (χ1v) is 9.20. The van der Waals surface area contributed by atoms with Crippen molar-refractivity contribution in [1.29, 1.82) is 0 Å². The van der Waals surface area contributed by atoms with E-state index in [4.69, 9.17) is 0 Å². The van der Waals surface area contributed by atoms with Gasteiger partial charge in [-0.15, -0.1) is 0 Å². The summed E-state index contributed by atoms with van der Waals surface area (Å²) in [6.45, 7) is 4.09. The van der Waals surface area contributed by atoms with Crippen molar-refractivity contribution in [3.63, 3.8) is 0 Å². The highest BCUT2D eigenvalue weighted by atomic mass is 32.2. The molecule has 0 amide bonds. The lowest BCUT2D eigenvalue weighted by Gasteiger charge is -2.25. The van der Waals surface area contributed by atoms with Crippen molar-refractivity contribution in [1.82, 2.24) is 10.0 Å². The number of rotatable bonds is 6. The molecule has 0 aliphatic heterocycles. The Kier molecular flexibility index (Phi) is 5.07. The molecule has 1 aromatic rings. The molecule has 21 heavy (non-hydrogen) atoms. The fraction of sp³-hybridized carbons (Fsp3) is 0.625. The van der Waals surface area contributed by atoms with Gasteiger partial charge < -0.3 is 5.32 Å². The highest BCUT2D eigenvalue weighted by molar-refractivity contribution is 7.89. The number of benzene rings is 1. The van der Waals surface area contributed by atoms with E-state index in [1.54, 1.807) is 12.1 Å². The van der Waals surface area contributed by atoms with Crippen molar-refractivity contribution in [2.24, 2.45) is 0 Å². The Bertz CT molecular complexity index is 574. The fourth-order valence-corrected chi connectivity index (χ4v) is 4.67. The molecule has 0 radical (unpaired) electrons. The molecule has 1 aliphatic carbocycles. The van der Waals surface area contributed by atoms with Crippen LogP contribution in [0.5, 0.6) is 0 Å². The molecule has 0 saturated heterocycles. The lowest BCUT2D eigenvalue weighted by molar-refractivity contribution is 0.427. The summed E-state index contributed by atoms with van der Waals surface area (Å²) >= 11 is 0. The summed E-state index contributed by atoms with van der Waals surface area (Å²) in [5.41, 5.74) is 0.724. The Morgan fingerprint density at radius 2 is 1.95 bits per heavy atom. The maximum Gasteiger partial charge on any atom is 0.241 e. The van der Waals surface area contributed by atoms with E-state index in [1.165, 1.54) is 0 Å². The lowest BCUT2D eigenvalue weighted by Crippen LogP contribution is -2.43. The van der Waals surface area contributed by atoms with Gasteiger partial charge in [0.2, 0.25) is 10.0 Å². The van der Waals surface area contributed by atoms with Crippen LogP contribution < -0.4 is 10.0 Å². The zero-order valence-electron chi connectivity index (χ0n) is 13.1. The minimum atomic E-state index is -3.45. The van der Waals surface area contributed by atoms with Gasteiger partial charge in [-0.25, -0.2) is 13.1 Å². The van der Waals surface area contributed by atoms with E-state index >= 15 is 0 Å². The number of nitrogens with one attached hydrogen (secondary N) is 2. The molecule has 1 aliphatic rings. The predicted octanol–water partition coefficient (Wildman–Crippen LogP) is 2.97. The predicted molar refractivity (Wildman–Crippen MR) is 85.7 cm³/mol. The number of sulfonamides is 1. The molecule has 118 valence electrons. The van der Waals surface area contributed by atoms with E-state index in [2.05, 4.69) is 17.0 Å². The Morgan fingerprint density at radius 1 is 1.29 bits per heavy atom. The Hall–Kier alpha value is -0.910. The van der Waals surface area contributed by atoms with Gasteiger partial charge in [-0.1, -0.05) is 31.9 Å². The summed E-state index contributed by atoms with van der Waals surface area (Å²) in [5.74, 6) is 0. The van der Waals surface area contributed by atoms with Crippen molar-refractivity contribution < 1.29 is 8.42 Å². The smallest absolute Gasteiger partial charge is 0.241 e. The van der Waals surface area contributed by atoms with Gasteiger partial charge in [0, 0.05) is 11.6 Å². The van der Waals surface area contributed by atoms with Crippen LogP contribution in [-0.4, -0.2) is 21.0 Å². The molecule has 0 aromatic heterocycles. The molecule has 1 unspecified atom stereocenters. The first-order valence-electron chi connectivity index (χ1n) is 7.71. The molecule has 0 bridgehead atoms. The molecule has 5 heteroatoms. The molecular weight excluding hydrogens is 284 g/mol. The van der Waals surface area contributed by atoms with Gasteiger partial charge in [-0.05, 0) is 50.9 Å². The van der Waals surface area contributed by atoms with Gasteiger partial charge in [0.15, 0.2) is 0 Å². The summed E-state index contributed by atoms with van der Waals surface area (Å²) < 4.78 is 28.1. The van der Waals surface area contributed by atoms with Gasteiger partial charge in [0.25, 0.3) is 0 Å². The van der Waals surface area contributed by atoms with Gasteiger partial charge >= 0.3 is 0 Å². The van der Waals surface area contributed by atoms with E-state index in [0.717, 1.165) is 37.7 Å². The van der Waals surface area contributed by atoms with Crippen LogP contribution in [0.3, 0.4) is 0 Å². The highest BCUT2D eigenvalue weighted by Crippen LogP contribution is 2.31. The molecule has 2 N–H and O–H groups in total. The number of hydrogen-bond acceptors (Lipinski definition) is 3. The number of hydrogen-bond donors (Lipinski definition) is 2. The summed E-state index contributed by atoms with van der Waals surface area (Å²) in [7, 11) is -1.56. The second kappa shape index (κ2) is 6.46. The van der Waals surface area contributed by atoms with Crippen LogP contribution in [0, 0.1) is 0 Å². The third-order valence-electron chi connectivity index (χ3n) is 4.42. The largest absolute Gasteiger partial charge is 0.313 e. The lowest BCUT2D eigenvalue weighted by atomic mass is 10.0. The molecule has 1 fully saturated rings. The summed E-state index contributed by atoms with van der Waals surface area (Å²) in [5, 5.41) is 3.21. The Labute approximate surface area is 128 Å². The maximum atomic E-state index is 12.6. The van der Waals surface area contributed by atoms with Crippen LogP contribution in [0.4, 0.5) is 0 Å². The first kappa shape index (κ1) is 16.5. The summed E-state index contributed by atoms with van der Waals surface area (Å²) in [4.78, 5) is 0.363. The standard InChI is InChI=1S/C16H26N2O2S/c1-4-15(17-3)13-8-7-9-14(12-13)21(19,20)18-16(2)10-5-6-11-16/h7-9,12,15,17-18H,4-6,10-11H2,1-3H3. The molecule has 0 heterocycles. The quantitative estimate of drug-likeness (QED) is 0.849. The second-order valence-electron chi connectivity index (χ2n) is 6.20. The maximum absolute atomic E-state index is 12.6. The average molecular weight is 310 g/mol. The van der Waals surface area contributed by atoms with Crippen molar-refractivity contribution in [2.45, 2.75) is 62.4 Å². The van der Waals surface area contributed by atoms with Crippen molar-refractivity contribution in [2.75, 3.05) is 7.05 Å². The Balaban J connectivity index is 2.26. The van der Waals surface area contributed by atoms with Gasteiger partial charge in [0.1, 0.15) is 0 Å². The SMILES string of the molecule is CCC(NC)c1cccc(S(=O)(=O)NC2(C)CCCC2)c1. The van der Waals surface area contributed by atoms with Crippen LogP contribution in [0.15, 0.2) is 29.2 Å². The highest BCUT2D eigenvalue weighted by Gasteiger charge is 2.33. The van der Waals surface area contributed by atoms with E-state index < -0.39 is 10.0 Å². The first-order chi connectivity index (χ1) is 9.90. The van der Waals surface area contributed by atoms with Crippen LogP contribution in [0.25, 0.3) is 0 Å². The van der Waals surface area contributed by atoms with E-state index in [0.29, 0.717) is 4.90 Å². The molecule has 4 nitrogen and oxygen atoms in total. The van der Waals surface area contributed by atoms with Crippen LogP contribution in [0.1, 0.15) is 57.6 Å². The normalized spacial score (nSPS) is 19.6. The van der Waals surface area contributed by atoms with Crippen LogP contribution in [0.2, 0.25) is 0 Å². The van der Waals surface area contributed by atoms with Gasteiger partial charge in [-0.2, -0.15) is 0 Å². The molecule has 2 rings (SSSR count). The molecule has 1 aromatic carbocycles. The zero-order chi connectivity index (χ0) is 15.5. The van der Waals surface area contributed by atoms with Gasteiger partial charge in [-0.3, -0.25) is 0 Å². The molecule has 0 spiro atoms. The second-order valence-corrected chi connectivity index (χ2v) is 7.88. The van der Waals surface area contributed by atoms with Crippen molar-refractivity contribution in [3.8, 4) is 0 Å². The van der Waals surface area contributed by atoms with Crippen LogP contribution in [-0.2, 0) is 10.0 Å². The zero-order valence-corrected chi connectivity index (χ0v) is 14.0. The van der Waals surface area contributed by atoms with Crippen LogP contribution >= 0.6 is 0 Å². The minimum Gasteiger partial charge on any atom is -0.313 e. The average Bonchev–Trinajstić information content (AvgIpc) is 2.86. The topological polar surface area (TPSA) is 58.2 Å². The van der Waals surface area contributed by atoms with E-state index in [-0.39, 0.29) is 11.6 Å². The minimum absolute atomic E-state index is 0.183. The third-order valence-corrected chi connectivity index (χ3v) is 6.05. The summed E-state index contributed by atoms with van der Waals surface area (Å²) in [6.07, 6.45) is 4.94. The summed E-state index contributed by atoms with van der Waals surface area (Å²) in [6, 6.07) is 7.43. The van der Waals surface area contributed by atoms with E-state index in [1.807, 2.05) is 26.1 Å². The monoisotopic (exact) mass is 310 g/mol. The van der Waals surface area contributed by atoms with Crippen molar-refractivity contribution in [3.05, 3.63) is 29.8 Å². The molecular formula is C16H26N2O2S. The fourth-order valence-electron chi connectivity index (χ4n) is 3.15.